The molecule has 0 aliphatic rings. The summed E-state index contributed by atoms with van der Waals surface area (Å²) in [6, 6.07) is 7.15. The Kier molecular flexibility index (Phi) is 8.20. The summed E-state index contributed by atoms with van der Waals surface area (Å²) in [5, 5.41) is 3.65. The van der Waals surface area contributed by atoms with Crippen LogP contribution >= 0.6 is 0 Å². The molecule has 1 N–H and O–H groups in total. The van der Waals surface area contributed by atoms with Gasteiger partial charge in [0.1, 0.15) is 16.9 Å². The third kappa shape index (κ3) is 8.18. The highest BCUT2D eigenvalue weighted by molar-refractivity contribution is 5.83. The topological polar surface area (TPSA) is 90.4 Å². The summed E-state index contributed by atoms with van der Waals surface area (Å²) in [4.78, 5) is 33.4. The lowest BCUT2D eigenvalue weighted by molar-refractivity contribution is -0.154. The summed E-state index contributed by atoms with van der Waals surface area (Å²) >= 11 is 0. The second kappa shape index (κ2) is 10.4. The van der Waals surface area contributed by atoms with E-state index in [-0.39, 0.29) is 12.4 Å². The first kappa shape index (κ1) is 25.1. The second-order valence-corrected chi connectivity index (χ2v) is 9.44. The van der Waals surface area contributed by atoms with Crippen LogP contribution in [-0.2, 0) is 14.3 Å². The molecular weight excluding hydrogens is 406 g/mol. The lowest BCUT2D eigenvalue weighted by atomic mass is 10.1. The van der Waals surface area contributed by atoms with Gasteiger partial charge in [-0.3, -0.25) is 4.79 Å². The van der Waals surface area contributed by atoms with Crippen molar-refractivity contribution in [2.75, 3.05) is 0 Å². The molecule has 1 atom stereocenters. The highest BCUT2D eigenvalue weighted by Crippen LogP contribution is 2.20. The zero-order valence-electron chi connectivity index (χ0n) is 20.0. The minimum Gasteiger partial charge on any atom is -0.460 e. The fraction of sp³-hybridized carbons (Fsp3) is 0.520. The predicted octanol–water partition coefficient (Wildman–Crippen LogP) is 5.08. The lowest BCUT2D eigenvalue weighted by Crippen LogP contribution is -2.35. The normalized spacial score (nSPS) is 12.5. The fourth-order valence-electron chi connectivity index (χ4n) is 2.85. The van der Waals surface area contributed by atoms with Crippen LogP contribution in [-0.4, -0.2) is 33.2 Å². The van der Waals surface area contributed by atoms with Gasteiger partial charge in [-0.2, -0.15) is 0 Å². The van der Waals surface area contributed by atoms with Gasteiger partial charge in [0.2, 0.25) is 0 Å². The lowest BCUT2D eigenvalue weighted by Gasteiger charge is -2.22. The Morgan fingerprint density at radius 3 is 2.31 bits per heavy atom. The summed E-state index contributed by atoms with van der Waals surface area (Å²) in [6.45, 7) is 12.9. The van der Waals surface area contributed by atoms with Crippen LogP contribution < -0.4 is 5.32 Å². The number of nitrogens with zero attached hydrogens (tertiary/aromatic N) is 2. The Balaban J connectivity index is 2.25. The molecule has 2 rings (SSSR count). The van der Waals surface area contributed by atoms with Crippen molar-refractivity contribution >= 4 is 23.0 Å². The number of benzene rings is 1. The van der Waals surface area contributed by atoms with E-state index in [1.165, 1.54) is 0 Å². The van der Waals surface area contributed by atoms with Crippen molar-refractivity contribution in [1.82, 2.24) is 15.3 Å². The highest BCUT2D eigenvalue weighted by atomic mass is 16.6. The average molecular weight is 440 g/mol. The van der Waals surface area contributed by atoms with Crippen LogP contribution in [0.15, 0.2) is 24.3 Å². The Labute approximate surface area is 190 Å². The molecule has 7 nitrogen and oxygen atoms in total. The van der Waals surface area contributed by atoms with Gasteiger partial charge in [0.25, 0.3) is 0 Å². The van der Waals surface area contributed by atoms with Crippen molar-refractivity contribution in [2.45, 2.75) is 85.0 Å². The summed E-state index contributed by atoms with van der Waals surface area (Å²) in [5.74, 6) is 6.26. The maximum absolute atomic E-state index is 12.3. The predicted molar refractivity (Wildman–Crippen MR) is 124 cm³/mol. The molecule has 0 radical (unpaired) electrons. The number of carbonyl (C=O) groups excluding carboxylic acids is 2. The Bertz CT molecular complexity index is 1020. The van der Waals surface area contributed by atoms with Crippen molar-refractivity contribution in [2.24, 2.45) is 0 Å². The highest BCUT2D eigenvalue weighted by Gasteiger charge is 2.22. The third-order valence-corrected chi connectivity index (χ3v) is 4.11. The number of para-hydroxylation sites is 1. The molecule has 172 valence electrons. The molecule has 0 bridgehead atoms. The number of hydrogen-bond donors (Lipinski definition) is 1. The van der Waals surface area contributed by atoms with Gasteiger partial charge in [0.05, 0.1) is 18.0 Å². The maximum Gasteiger partial charge on any atom is 0.408 e. The number of fused-ring (bicyclic) bond motifs is 1. The minimum atomic E-state index is -0.600. The Morgan fingerprint density at radius 1 is 1.03 bits per heavy atom. The summed E-state index contributed by atoms with van der Waals surface area (Å²) in [5.41, 5.74) is 0.174. The number of esters is 1. The van der Waals surface area contributed by atoms with Crippen LogP contribution in [0.4, 0.5) is 4.79 Å². The summed E-state index contributed by atoms with van der Waals surface area (Å²) in [6.07, 6.45) is 0.628. The number of rotatable bonds is 5. The molecule has 32 heavy (non-hydrogen) atoms. The first-order valence-electron chi connectivity index (χ1n) is 10.8. The molecule has 1 aromatic carbocycles. The zero-order chi connectivity index (χ0) is 23.9. The molecule has 0 aliphatic heterocycles. The van der Waals surface area contributed by atoms with Gasteiger partial charge in [-0.05, 0) is 66.0 Å². The SMILES string of the molecule is CC[C@H](NC(=O)OC(C)(C)C)c1nc(C#CCCC(=O)OC(C)(C)C)c2ccccc2n1. The van der Waals surface area contributed by atoms with E-state index in [2.05, 4.69) is 27.1 Å². The first-order valence-corrected chi connectivity index (χ1v) is 10.8. The van der Waals surface area contributed by atoms with Crippen LogP contribution in [0.25, 0.3) is 10.9 Å². The molecule has 1 aromatic heterocycles. The van der Waals surface area contributed by atoms with Gasteiger partial charge < -0.3 is 14.8 Å². The number of hydrogen-bond acceptors (Lipinski definition) is 6. The molecule has 0 fully saturated rings. The summed E-state index contributed by atoms with van der Waals surface area (Å²) < 4.78 is 10.7. The van der Waals surface area contributed by atoms with Gasteiger partial charge in [0.15, 0.2) is 5.82 Å². The standard InChI is InChI=1S/C25H33N3O4/c1-8-18(28-23(30)32-25(5,6)7)22-26-19-14-10-9-13-17(19)20(27-22)15-11-12-16-21(29)31-24(2,3)4/h9-10,13-14,18H,8,12,16H2,1-7H3,(H,28,30)/t18-/m0/s1. The van der Waals surface area contributed by atoms with Crippen molar-refractivity contribution < 1.29 is 19.1 Å². The Morgan fingerprint density at radius 2 is 1.69 bits per heavy atom. The van der Waals surface area contributed by atoms with Crippen LogP contribution in [0, 0.1) is 11.8 Å². The number of ether oxygens (including phenoxy) is 2. The van der Waals surface area contributed by atoms with E-state index in [0.717, 1.165) is 10.9 Å². The molecular formula is C25H33N3O4. The fourth-order valence-corrected chi connectivity index (χ4v) is 2.85. The van der Waals surface area contributed by atoms with E-state index < -0.39 is 23.3 Å². The molecule has 7 heteroatoms. The van der Waals surface area contributed by atoms with Gasteiger partial charge in [-0.25, -0.2) is 14.8 Å². The first-order chi connectivity index (χ1) is 14.9. The molecule has 0 saturated carbocycles. The van der Waals surface area contributed by atoms with Crippen LogP contribution in [0.2, 0.25) is 0 Å². The molecule has 2 aromatic rings. The quantitative estimate of drug-likeness (QED) is 0.516. The number of nitrogens with one attached hydrogen (secondary N) is 1. The van der Waals surface area contributed by atoms with Crippen LogP contribution in [0.5, 0.6) is 0 Å². The van der Waals surface area contributed by atoms with Gasteiger partial charge in [-0.15, -0.1) is 0 Å². The smallest absolute Gasteiger partial charge is 0.408 e. The van der Waals surface area contributed by atoms with Crippen LogP contribution in [0.3, 0.4) is 0 Å². The molecule has 0 aliphatic carbocycles. The number of aromatic nitrogens is 2. The largest absolute Gasteiger partial charge is 0.460 e. The number of carbonyl (C=O) groups is 2. The second-order valence-electron chi connectivity index (χ2n) is 9.44. The van der Waals surface area contributed by atoms with Gasteiger partial charge >= 0.3 is 12.1 Å². The summed E-state index contributed by atoms with van der Waals surface area (Å²) in [7, 11) is 0. The van der Waals surface area contributed by atoms with E-state index in [0.29, 0.717) is 24.4 Å². The van der Waals surface area contributed by atoms with Crippen molar-refractivity contribution in [3.63, 3.8) is 0 Å². The molecule has 0 spiro atoms. The van der Waals surface area contributed by atoms with E-state index in [9.17, 15) is 9.59 Å². The van der Waals surface area contributed by atoms with Crippen molar-refractivity contribution in [3.05, 3.63) is 35.8 Å². The molecule has 1 heterocycles. The van der Waals surface area contributed by atoms with E-state index in [4.69, 9.17) is 9.47 Å². The van der Waals surface area contributed by atoms with Crippen molar-refractivity contribution in [1.29, 1.82) is 0 Å². The maximum atomic E-state index is 12.3. The van der Waals surface area contributed by atoms with E-state index in [1.807, 2.05) is 72.7 Å². The molecule has 0 saturated heterocycles. The van der Waals surface area contributed by atoms with Crippen molar-refractivity contribution in [3.8, 4) is 11.8 Å². The zero-order valence-corrected chi connectivity index (χ0v) is 20.0. The monoisotopic (exact) mass is 439 g/mol. The van der Waals surface area contributed by atoms with Gasteiger partial charge in [0, 0.05) is 11.8 Å². The molecule has 1 amide bonds. The average Bonchev–Trinajstić information content (AvgIpc) is 2.66. The molecule has 0 unspecified atom stereocenters. The van der Waals surface area contributed by atoms with Crippen LogP contribution in [0.1, 0.15) is 85.3 Å². The van der Waals surface area contributed by atoms with Gasteiger partial charge in [-0.1, -0.05) is 25.0 Å². The van der Waals surface area contributed by atoms with E-state index in [1.54, 1.807) is 0 Å². The number of alkyl carbamates (subject to hydrolysis) is 1. The Hall–Kier alpha value is -3.14. The van der Waals surface area contributed by atoms with E-state index >= 15 is 0 Å². The number of amides is 1. The minimum absolute atomic E-state index is 0.206. The third-order valence-electron chi connectivity index (χ3n) is 4.11.